The minimum atomic E-state index is -3.64. The van der Waals surface area contributed by atoms with Crippen molar-refractivity contribution in [3.05, 3.63) is 53.3 Å². The lowest BCUT2D eigenvalue weighted by atomic mass is 9.87. The van der Waals surface area contributed by atoms with Gasteiger partial charge in [-0.3, -0.25) is 9.71 Å². The van der Waals surface area contributed by atoms with Crippen molar-refractivity contribution in [1.29, 1.82) is 0 Å². The quantitative estimate of drug-likeness (QED) is 0.933. The highest BCUT2D eigenvalue weighted by molar-refractivity contribution is 7.92. The Hall–Kier alpha value is -1.59. The van der Waals surface area contributed by atoms with Crippen molar-refractivity contribution in [2.75, 3.05) is 4.72 Å². The summed E-state index contributed by atoms with van der Waals surface area (Å²) in [6.07, 6.45) is 2.85. The van der Waals surface area contributed by atoms with Crippen molar-refractivity contribution in [3.63, 3.8) is 0 Å². The van der Waals surface area contributed by atoms with E-state index in [1.54, 1.807) is 12.1 Å². The molecule has 0 bridgehead atoms. The lowest BCUT2D eigenvalue weighted by molar-refractivity contribution is 0.587. The summed E-state index contributed by atoms with van der Waals surface area (Å²) in [5.41, 5.74) is 1.39. The number of hydrogen-bond acceptors (Lipinski definition) is 3. The first-order valence-electron chi connectivity index (χ1n) is 6.42. The molecule has 0 radical (unpaired) electrons. The first-order chi connectivity index (χ1) is 9.68. The summed E-state index contributed by atoms with van der Waals surface area (Å²) in [6, 6.07) is 8.35. The average molecular weight is 325 g/mol. The number of pyridine rings is 1. The molecule has 0 unspecified atom stereocenters. The molecule has 0 aliphatic heterocycles. The van der Waals surface area contributed by atoms with Gasteiger partial charge in [0.05, 0.1) is 21.8 Å². The fourth-order valence-electron chi connectivity index (χ4n) is 1.82. The molecule has 0 saturated heterocycles. The Morgan fingerprint density at radius 3 is 2.24 bits per heavy atom. The summed E-state index contributed by atoms with van der Waals surface area (Å²) >= 11 is 5.79. The van der Waals surface area contributed by atoms with Gasteiger partial charge in [0.1, 0.15) is 0 Å². The second kappa shape index (κ2) is 5.66. The smallest absolute Gasteiger partial charge is 0.261 e. The van der Waals surface area contributed by atoms with Crippen LogP contribution in [-0.2, 0) is 15.4 Å². The van der Waals surface area contributed by atoms with Gasteiger partial charge in [0, 0.05) is 6.20 Å². The third-order valence-corrected chi connectivity index (χ3v) is 4.59. The van der Waals surface area contributed by atoms with Gasteiger partial charge in [0.25, 0.3) is 10.0 Å². The van der Waals surface area contributed by atoms with Gasteiger partial charge in [0.2, 0.25) is 0 Å². The number of benzene rings is 1. The van der Waals surface area contributed by atoms with Crippen molar-refractivity contribution in [2.45, 2.75) is 31.1 Å². The molecule has 0 aliphatic rings. The van der Waals surface area contributed by atoms with Gasteiger partial charge >= 0.3 is 0 Å². The van der Waals surface area contributed by atoms with Gasteiger partial charge in [-0.05, 0) is 29.2 Å². The maximum Gasteiger partial charge on any atom is 0.261 e. The summed E-state index contributed by atoms with van der Waals surface area (Å²) in [6.45, 7) is 6.23. The van der Waals surface area contributed by atoms with E-state index >= 15 is 0 Å². The summed E-state index contributed by atoms with van der Waals surface area (Å²) < 4.78 is 27.0. The van der Waals surface area contributed by atoms with Crippen molar-refractivity contribution in [3.8, 4) is 0 Å². The number of halogens is 1. The van der Waals surface area contributed by atoms with E-state index in [-0.39, 0.29) is 10.3 Å². The Balaban J connectivity index is 2.28. The number of hydrogen-bond donors (Lipinski definition) is 1. The van der Waals surface area contributed by atoms with Crippen LogP contribution in [-0.4, -0.2) is 13.4 Å². The largest absolute Gasteiger partial charge is 0.278 e. The molecule has 0 spiro atoms. The second-order valence-electron chi connectivity index (χ2n) is 5.77. The van der Waals surface area contributed by atoms with Crippen LogP contribution in [0.1, 0.15) is 26.3 Å². The van der Waals surface area contributed by atoms with E-state index in [4.69, 9.17) is 11.6 Å². The van der Waals surface area contributed by atoms with Crippen LogP contribution in [0.3, 0.4) is 0 Å². The van der Waals surface area contributed by atoms with Crippen molar-refractivity contribution in [2.24, 2.45) is 0 Å². The normalized spacial score (nSPS) is 12.2. The maximum absolute atomic E-state index is 12.3. The molecular formula is C15H17ClN2O2S. The highest BCUT2D eigenvalue weighted by Crippen LogP contribution is 2.24. The number of nitrogens with zero attached hydrogens (tertiary/aromatic N) is 1. The fourth-order valence-corrected chi connectivity index (χ4v) is 3.02. The third-order valence-electron chi connectivity index (χ3n) is 2.99. The summed E-state index contributed by atoms with van der Waals surface area (Å²) in [5.74, 6) is 0. The van der Waals surface area contributed by atoms with Gasteiger partial charge < -0.3 is 0 Å². The summed E-state index contributed by atoms with van der Waals surface area (Å²) in [5, 5.41) is 0.373. The van der Waals surface area contributed by atoms with E-state index in [1.165, 1.54) is 18.5 Å². The molecule has 0 fully saturated rings. The molecule has 1 aromatic heterocycles. The number of sulfonamides is 1. The Morgan fingerprint density at radius 1 is 1.10 bits per heavy atom. The molecule has 4 nitrogen and oxygen atoms in total. The molecular weight excluding hydrogens is 308 g/mol. The zero-order valence-electron chi connectivity index (χ0n) is 12.1. The first kappa shape index (κ1) is 15.8. The van der Waals surface area contributed by atoms with Gasteiger partial charge in [-0.1, -0.05) is 44.5 Å². The number of aromatic nitrogens is 1. The molecule has 1 N–H and O–H groups in total. The van der Waals surface area contributed by atoms with Crippen molar-refractivity contribution >= 4 is 27.3 Å². The Bertz CT molecular complexity index is 735. The molecule has 112 valence electrons. The molecule has 1 aromatic carbocycles. The van der Waals surface area contributed by atoms with Crippen LogP contribution in [0.5, 0.6) is 0 Å². The predicted molar refractivity (Wildman–Crippen MR) is 85.2 cm³/mol. The molecule has 2 aromatic rings. The van der Waals surface area contributed by atoms with Crippen LogP contribution in [0.15, 0.2) is 47.6 Å². The van der Waals surface area contributed by atoms with Crippen LogP contribution >= 0.6 is 11.6 Å². The predicted octanol–water partition coefficient (Wildman–Crippen LogP) is 3.83. The van der Waals surface area contributed by atoms with Gasteiger partial charge in [0.15, 0.2) is 0 Å². The van der Waals surface area contributed by atoms with Crippen LogP contribution < -0.4 is 4.72 Å². The lowest BCUT2D eigenvalue weighted by Crippen LogP contribution is -2.15. The van der Waals surface area contributed by atoms with Crippen molar-refractivity contribution < 1.29 is 8.42 Å². The van der Waals surface area contributed by atoms with E-state index in [1.807, 2.05) is 12.1 Å². The Kier molecular flexibility index (Phi) is 4.25. The van der Waals surface area contributed by atoms with E-state index < -0.39 is 10.0 Å². The minimum Gasteiger partial charge on any atom is -0.278 e. The number of anilines is 1. The molecule has 0 atom stereocenters. The monoisotopic (exact) mass is 324 g/mol. The van der Waals surface area contributed by atoms with Crippen LogP contribution in [0.4, 0.5) is 5.69 Å². The Morgan fingerprint density at radius 2 is 1.71 bits per heavy atom. The van der Waals surface area contributed by atoms with E-state index in [9.17, 15) is 8.42 Å². The summed E-state index contributed by atoms with van der Waals surface area (Å²) in [4.78, 5) is 4.05. The maximum atomic E-state index is 12.3. The fraction of sp³-hybridized carbons (Fsp3) is 0.267. The molecule has 2 rings (SSSR count). The summed E-state index contributed by atoms with van der Waals surface area (Å²) in [7, 11) is -3.64. The van der Waals surface area contributed by atoms with E-state index in [0.717, 1.165) is 5.56 Å². The second-order valence-corrected chi connectivity index (χ2v) is 7.89. The molecule has 1 heterocycles. The van der Waals surface area contributed by atoms with Gasteiger partial charge in [-0.15, -0.1) is 0 Å². The third kappa shape index (κ3) is 3.95. The number of nitrogens with one attached hydrogen (secondary N) is 1. The average Bonchev–Trinajstić information content (AvgIpc) is 2.37. The lowest BCUT2D eigenvalue weighted by Gasteiger charge is -2.19. The van der Waals surface area contributed by atoms with Crippen molar-refractivity contribution in [1.82, 2.24) is 4.98 Å². The van der Waals surface area contributed by atoms with Crippen LogP contribution in [0.2, 0.25) is 5.02 Å². The molecule has 0 saturated carbocycles. The zero-order chi connectivity index (χ0) is 15.7. The first-order valence-corrected chi connectivity index (χ1v) is 8.28. The molecule has 0 aliphatic carbocycles. The Labute approximate surface area is 130 Å². The van der Waals surface area contributed by atoms with E-state index in [2.05, 4.69) is 30.5 Å². The van der Waals surface area contributed by atoms with Crippen LogP contribution in [0.25, 0.3) is 0 Å². The number of rotatable bonds is 3. The SMILES string of the molecule is CC(C)(C)c1ccc(S(=O)(=O)Nc2cncc(Cl)c2)cc1. The highest BCUT2D eigenvalue weighted by atomic mass is 35.5. The van der Waals surface area contributed by atoms with Crippen LogP contribution in [0, 0.1) is 0 Å². The zero-order valence-corrected chi connectivity index (χ0v) is 13.7. The topological polar surface area (TPSA) is 59.1 Å². The molecule has 6 heteroatoms. The molecule has 21 heavy (non-hydrogen) atoms. The minimum absolute atomic E-state index is 0.0212. The van der Waals surface area contributed by atoms with Gasteiger partial charge in [-0.2, -0.15) is 0 Å². The highest BCUT2D eigenvalue weighted by Gasteiger charge is 2.17. The standard InChI is InChI=1S/C15H17ClN2O2S/c1-15(2,3)11-4-6-14(7-5-11)21(19,20)18-13-8-12(16)9-17-10-13/h4-10,18H,1-3H3. The van der Waals surface area contributed by atoms with E-state index in [0.29, 0.717) is 10.7 Å². The molecule has 0 amide bonds. The van der Waals surface area contributed by atoms with Gasteiger partial charge in [-0.25, -0.2) is 8.42 Å².